The number of hydrogen-bond donors (Lipinski definition) is 0. The van der Waals surface area contributed by atoms with Crippen LogP contribution in [0, 0.1) is 11.3 Å². The number of nitrogens with zero attached hydrogens (tertiary/aromatic N) is 3. The second-order valence-electron chi connectivity index (χ2n) is 15.9. The molecule has 0 heterocycles. The smallest absolute Gasteiger partial charge is 0.0992 e. The van der Waals surface area contributed by atoms with Crippen LogP contribution in [0.2, 0.25) is 39.3 Å². The lowest BCUT2D eigenvalue weighted by atomic mass is 9.91. The van der Waals surface area contributed by atoms with E-state index in [0.717, 1.165) is 34.1 Å². The van der Waals surface area contributed by atoms with Crippen LogP contribution in [0.5, 0.6) is 0 Å². The SMILES string of the molecule is C[Si](C)(C)c1ccc(N(c2ccccc2)c2ccc3ccc4c(N(c5ccc([Si](C)(C)C)cc5)c5cccc(C#N)c5)ccc5ccc2c3c54)cc1. The average Bonchev–Trinajstić information content (AvgIpc) is 3.15. The number of nitriles is 1. The molecule has 0 aliphatic heterocycles. The molecule has 0 saturated carbocycles. The van der Waals surface area contributed by atoms with E-state index in [1.54, 1.807) is 0 Å². The maximum Gasteiger partial charge on any atom is 0.0992 e. The van der Waals surface area contributed by atoms with E-state index in [1.165, 1.54) is 42.7 Å². The topological polar surface area (TPSA) is 30.3 Å². The predicted molar refractivity (Wildman–Crippen MR) is 230 cm³/mol. The normalized spacial score (nSPS) is 12.0. The fourth-order valence-electron chi connectivity index (χ4n) is 7.53. The molecule has 0 saturated heterocycles. The highest BCUT2D eigenvalue weighted by atomic mass is 28.3. The van der Waals surface area contributed by atoms with Crippen LogP contribution in [0.25, 0.3) is 32.3 Å². The molecule has 0 atom stereocenters. The number of benzene rings is 8. The van der Waals surface area contributed by atoms with Gasteiger partial charge in [0.15, 0.2) is 0 Å². The summed E-state index contributed by atoms with van der Waals surface area (Å²) in [5.41, 5.74) is 7.20. The minimum atomic E-state index is -1.49. The van der Waals surface area contributed by atoms with Crippen molar-refractivity contribution < 1.29 is 0 Å². The first kappa shape index (κ1) is 33.5. The summed E-state index contributed by atoms with van der Waals surface area (Å²) in [5.74, 6) is 0. The molecule has 0 N–H and O–H groups in total. The molecular formula is C47H43N3Si2. The van der Waals surface area contributed by atoms with Gasteiger partial charge in [-0.05, 0) is 88.3 Å². The third-order valence-electron chi connectivity index (χ3n) is 10.3. The van der Waals surface area contributed by atoms with Gasteiger partial charge >= 0.3 is 0 Å². The van der Waals surface area contributed by atoms with Crippen LogP contribution in [-0.4, -0.2) is 16.1 Å². The van der Waals surface area contributed by atoms with Gasteiger partial charge in [0.05, 0.1) is 39.2 Å². The van der Waals surface area contributed by atoms with Crippen molar-refractivity contribution in [2.45, 2.75) is 39.3 Å². The van der Waals surface area contributed by atoms with Crippen LogP contribution < -0.4 is 20.2 Å². The van der Waals surface area contributed by atoms with Crippen LogP contribution in [0.3, 0.4) is 0 Å². The van der Waals surface area contributed by atoms with E-state index in [4.69, 9.17) is 0 Å². The Hall–Kier alpha value is -5.68. The summed E-state index contributed by atoms with van der Waals surface area (Å²) in [6.07, 6.45) is 0. The Kier molecular flexibility index (Phi) is 8.25. The monoisotopic (exact) mass is 705 g/mol. The van der Waals surface area contributed by atoms with Crippen LogP contribution >= 0.6 is 0 Å². The molecule has 0 aliphatic carbocycles. The molecule has 0 radical (unpaired) electrons. The molecule has 8 aromatic rings. The zero-order valence-electron chi connectivity index (χ0n) is 30.8. The summed E-state index contributed by atoms with van der Waals surface area (Å²) >= 11 is 0. The second-order valence-corrected chi connectivity index (χ2v) is 26.0. The highest BCUT2D eigenvalue weighted by Gasteiger charge is 2.23. The van der Waals surface area contributed by atoms with E-state index in [2.05, 4.69) is 189 Å². The molecule has 254 valence electrons. The summed E-state index contributed by atoms with van der Waals surface area (Å²) in [6, 6.07) is 57.5. The van der Waals surface area contributed by atoms with E-state index in [9.17, 15) is 5.26 Å². The fourth-order valence-corrected chi connectivity index (χ4v) is 9.86. The Labute approximate surface area is 309 Å². The molecule has 0 aromatic heterocycles. The van der Waals surface area contributed by atoms with Gasteiger partial charge in [0, 0.05) is 33.5 Å². The number of anilines is 6. The number of rotatable bonds is 8. The summed E-state index contributed by atoms with van der Waals surface area (Å²) in [5, 5.41) is 20.1. The van der Waals surface area contributed by atoms with Gasteiger partial charge in [-0.15, -0.1) is 0 Å². The van der Waals surface area contributed by atoms with Gasteiger partial charge in [0.2, 0.25) is 0 Å². The molecular weight excluding hydrogens is 663 g/mol. The summed E-state index contributed by atoms with van der Waals surface area (Å²) in [7, 11) is -2.95. The molecule has 5 heteroatoms. The first-order valence-corrected chi connectivity index (χ1v) is 25.1. The van der Waals surface area contributed by atoms with Crippen molar-refractivity contribution in [3.8, 4) is 6.07 Å². The summed E-state index contributed by atoms with van der Waals surface area (Å²) in [6.45, 7) is 14.3. The Morgan fingerprint density at radius 1 is 0.423 bits per heavy atom. The van der Waals surface area contributed by atoms with Gasteiger partial charge in [-0.1, -0.05) is 135 Å². The Balaban J connectivity index is 1.37. The van der Waals surface area contributed by atoms with E-state index in [1.807, 2.05) is 18.2 Å². The van der Waals surface area contributed by atoms with Gasteiger partial charge < -0.3 is 9.80 Å². The van der Waals surface area contributed by atoms with E-state index in [0.29, 0.717) is 5.56 Å². The molecule has 8 rings (SSSR count). The van der Waals surface area contributed by atoms with Crippen molar-refractivity contribution in [1.29, 1.82) is 5.26 Å². The molecule has 0 aliphatic rings. The second kappa shape index (κ2) is 12.8. The third kappa shape index (κ3) is 5.94. The molecule has 3 nitrogen and oxygen atoms in total. The highest BCUT2D eigenvalue weighted by Crippen LogP contribution is 2.47. The minimum absolute atomic E-state index is 0.641. The van der Waals surface area contributed by atoms with Gasteiger partial charge in [-0.25, -0.2) is 0 Å². The molecule has 0 spiro atoms. The largest absolute Gasteiger partial charge is 0.310 e. The molecule has 8 aromatic carbocycles. The van der Waals surface area contributed by atoms with Crippen LogP contribution in [-0.2, 0) is 0 Å². The lowest BCUT2D eigenvalue weighted by molar-refractivity contribution is 1.29. The molecule has 0 bridgehead atoms. The van der Waals surface area contributed by atoms with Crippen molar-refractivity contribution in [3.05, 3.63) is 157 Å². The van der Waals surface area contributed by atoms with Gasteiger partial charge in [-0.2, -0.15) is 5.26 Å². The van der Waals surface area contributed by atoms with E-state index >= 15 is 0 Å². The van der Waals surface area contributed by atoms with Crippen LogP contribution in [0.4, 0.5) is 34.1 Å². The van der Waals surface area contributed by atoms with Crippen molar-refractivity contribution >= 4 is 93.0 Å². The lowest BCUT2D eigenvalue weighted by Crippen LogP contribution is -2.37. The van der Waals surface area contributed by atoms with Crippen molar-refractivity contribution in [1.82, 2.24) is 0 Å². The van der Waals surface area contributed by atoms with Gasteiger partial charge in [-0.3, -0.25) is 0 Å². The number of hydrogen-bond acceptors (Lipinski definition) is 3. The zero-order chi connectivity index (χ0) is 36.2. The van der Waals surface area contributed by atoms with E-state index in [-0.39, 0.29) is 0 Å². The average molecular weight is 706 g/mol. The summed E-state index contributed by atoms with van der Waals surface area (Å²) < 4.78 is 0. The Morgan fingerprint density at radius 2 is 0.846 bits per heavy atom. The summed E-state index contributed by atoms with van der Waals surface area (Å²) in [4.78, 5) is 4.72. The van der Waals surface area contributed by atoms with Crippen LogP contribution in [0.15, 0.2) is 152 Å². The van der Waals surface area contributed by atoms with E-state index < -0.39 is 16.1 Å². The quantitative estimate of drug-likeness (QED) is 0.116. The zero-order valence-corrected chi connectivity index (χ0v) is 32.8. The Morgan fingerprint density at radius 3 is 1.31 bits per heavy atom. The number of para-hydroxylation sites is 1. The first-order chi connectivity index (χ1) is 25.0. The fraction of sp³-hybridized carbons (Fsp3) is 0.128. The maximum absolute atomic E-state index is 9.89. The third-order valence-corrected chi connectivity index (χ3v) is 14.5. The first-order valence-electron chi connectivity index (χ1n) is 18.1. The van der Waals surface area contributed by atoms with Crippen molar-refractivity contribution in [3.63, 3.8) is 0 Å². The minimum Gasteiger partial charge on any atom is -0.310 e. The molecule has 0 amide bonds. The molecule has 0 fully saturated rings. The van der Waals surface area contributed by atoms with Gasteiger partial charge in [0.1, 0.15) is 0 Å². The lowest BCUT2D eigenvalue weighted by Gasteiger charge is -2.30. The predicted octanol–water partition coefficient (Wildman–Crippen LogP) is 12.5. The van der Waals surface area contributed by atoms with Crippen molar-refractivity contribution in [2.75, 3.05) is 9.80 Å². The van der Waals surface area contributed by atoms with Gasteiger partial charge in [0.25, 0.3) is 0 Å². The molecule has 52 heavy (non-hydrogen) atoms. The standard InChI is InChI=1S/C47H43N3Si2/c1-51(2,3)40-23-19-37(20-24-40)49(36-12-8-7-9-13-36)44-29-17-34-16-28-43-45(30-18-35-15-27-42(44)46(34)47(35)43)50(39-14-10-11-33(31-39)32-48)38-21-25-41(26-22-38)52(4,5)6/h7-31H,1-6H3. The van der Waals surface area contributed by atoms with Crippen molar-refractivity contribution in [2.24, 2.45) is 0 Å². The maximum atomic E-state index is 9.89. The highest BCUT2D eigenvalue weighted by molar-refractivity contribution is 6.89. The Bertz CT molecular complexity index is 2590. The van der Waals surface area contributed by atoms with Crippen LogP contribution in [0.1, 0.15) is 5.56 Å². The molecule has 0 unspecified atom stereocenters.